The van der Waals surface area contributed by atoms with Crippen LogP contribution in [0.5, 0.6) is 5.75 Å². The van der Waals surface area contributed by atoms with E-state index in [2.05, 4.69) is 4.74 Å². The molecular weight excluding hydrogens is 484 g/mol. The van der Waals surface area contributed by atoms with Crippen LogP contribution in [0.2, 0.25) is 0 Å². The van der Waals surface area contributed by atoms with Gasteiger partial charge in [0.2, 0.25) is 12.1 Å². The number of fused-ring (bicyclic) bond motifs is 1. The van der Waals surface area contributed by atoms with Gasteiger partial charge in [-0.15, -0.1) is 0 Å². The van der Waals surface area contributed by atoms with Gasteiger partial charge in [-0.25, -0.2) is 4.79 Å². The predicted octanol–water partition coefficient (Wildman–Crippen LogP) is -1.42. The van der Waals surface area contributed by atoms with Gasteiger partial charge in [0.05, 0.1) is 31.3 Å². The van der Waals surface area contributed by atoms with E-state index >= 15 is 0 Å². The number of aliphatic hydroxyl groups excluding tert-OH is 3. The molecule has 13 nitrogen and oxygen atoms in total. The van der Waals surface area contributed by atoms with Crippen LogP contribution in [0.1, 0.15) is 40.5 Å². The van der Waals surface area contributed by atoms with Gasteiger partial charge in [-0.05, 0) is 13.0 Å². The van der Waals surface area contributed by atoms with E-state index < -0.39 is 77.6 Å². The maximum absolute atomic E-state index is 13.8. The van der Waals surface area contributed by atoms with E-state index in [-0.39, 0.29) is 29.7 Å². The van der Waals surface area contributed by atoms with Crippen molar-refractivity contribution in [3.8, 4) is 5.75 Å². The Labute approximate surface area is 203 Å². The number of carbonyl (C=O) groups is 4. The van der Waals surface area contributed by atoms with E-state index in [1.54, 1.807) is 6.92 Å². The van der Waals surface area contributed by atoms with Crippen LogP contribution in [0, 0.1) is 0 Å². The van der Waals surface area contributed by atoms with Gasteiger partial charge in [0.15, 0.2) is 23.1 Å². The summed E-state index contributed by atoms with van der Waals surface area (Å²) in [7, 11) is 1.23. The second kappa shape index (κ2) is 8.30. The van der Waals surface area contributed by atoms with Gasteiger partial charge in [-0.1, -0.05) is 12.1 Å². The van der Waals surface area contributed by atoms with Crippen LogP contribution < -0.4 is 4.74 Å². The molecule has 1 aliphatic carbocycles. The molecule has 3 saturated heterocycles. The van der Waals surface area contributed by atoms with Crippen molar-refractivity contribution in [1.29, 1.82) is 0 Å². The minimum Gasteiger partial charge on any atom is -0.479 e. The van der Waals surface area contributed by atoms with E-state index in [9.17, 15) is 39.6 Å². The fourth-order valence-electron chi connectivity index (χ4n) is 5.45. The lowest BCUT2D eigenvalue weighted by molar-refractivity contribution is -0.271. The van der Waals surface area contributed by atoms with Crippen molar-refractivity contribution < 1.29 is 63.3 Å². The number of carboxylic acid groups (broad SMARTS) is 1. The summed E-state index contributed by atoms with van der Waals surface area (Å²) in [6.45, 7) is 1.55. The largest absolute Gasteiger partial charge is 0.479 e. The Morgan fingerprint density at radius 1 is 1.08 bits per heavy atom. The molecule has 9 atom stereocenters. The summed E-state index contributed by atoms with van der Waals surface area (Å²) >= 11 is 0. The van der Waals surface area contributed by atoms with E-state index in [4.69, 9.17) is 18.9 Å². The van der Waals surface area contributed by atoms with Gasteiger partial charge >= 0.3 is 11.9 Å². The number of benzene rings is 1. The predicted molar refractivity (Wildman–Crippen MR) is 112 cm³/mol. The Morgan fingerprint density at radius 3 is 2.47 bits per heavy atom. The first-order valence-electron chi connectivity index (χ1n) is 11.2. The van der Waals surface area contributed by atoms with Gasteiger partial charge in [-0.3, -0.25) is 14.4 Å². The van der Waals surface area contributed by atoms with Crippen LogP contribution in [0.3, 0.4) is 0 Å². The lowest BCUT2D eigenvalue weighted by Gasteiger charge is -2.39. The number of carbonyl (C=O) groups excluding carboxylic acids is 3. The van der Waals surface area contributed by atoms with Crippen molar-refractivity contribution in [2.24, 2.45) is 0 Å². The van der Waals surface area contributed by atoms with E-state index in [1.807, 2.05) is 0 Å². The van der Waals surface area contributed by atoms with Crippen molar-refractivity contribution in [2.75, 3.05) is 7.11 Å². The summed E-state index contributed by atoms with van der Waals surface area (Å²) in [5.41, 5.74) is -3.39. The number of epoxide rings is 1. The van der Waals surface area contributed by atoms with Crippen molar-refractivity contribution in [3.05, 3.63) is 29.3 Å². The van der Waals surface area contributed by atoms with Gasteiger partial charge in [0, 0.05) is 12.0 Å². The maximum atomic E-state index is 13.8. The number of ketones is 2. The molecule has 0 unspecified atom stereocenters. The smallest absolute Gasteiger partial charge is 0.335 e. The highest BCUT2D eigenvalue weighted by Gasteiger charge is 2.85. The number of hydrogen-bond acceptors (Lipinski definition) is 12. The minimum absolute atomic E-state index is 0.0304. The lowest BCUT2D eigenvalue weighted by atomic mass is 9.68. The Morgan fingerprint density at radius 2 is 1.81 bits per heavy atom. The summed E-state index contributed by atoms with van der Waals surface area (Å²) < 4.78 is 27.1. The zero-order valence-corrected chi connectivity index (χ0v) is 19.2. The molecule has 194 valence electrons. The third-order valence-corrected chi connectivity index (χ3v) is 7.26. The number of Topliss-reactive ketones (excluding diaryl/α,β-unsaturated/α-hetero) is 2. The number of hydrogen-bond donors (Lipinski definition) is 4. The normalized spacial score (nSPS) is 41.0. The molecular formula is C23H24O13. The number of methoxy groups -OCH3 is 1. The Bertz CT molecular complexity index is 1150. The van der Waals surface area contributed by atoms with Crippen LogP contribution in [0.15, 0.2) is 18.2 Å². The molecule has 3 aliphatic heterocycles. The fourth-order valence-corrected chi connectivity index (χ4v) is 5.45. The molecule has 4 N–H and O–H groups in total. The van der Waals surface area contributed by atoms with Crippen molar-refractivity contribution in [3.63, 3.8) is 0 Å². The number of ether oxygens (including phenoxy) is 5. The second-order valence-corrected chi connectivity index (χ2v) is 9.24. The molecule has 0 radical (unpaired) electrons. The molecule has 0 saturated carbocycles. The van der Waals surface area contributed by atoms with Crippen molar-refractivity contribution in [1.82, 2.24) is 0 Å². The minimum atomic E-state index is -1.93. The molecule has 1 aromatic carbocycles. The van der Waals surface area contributed by atoms with Gasteiger partial charge in [-0.2, -0.15) is 0 Å². The Kier molecular flexibility index (Phi) is 5.70. The number of aliphatic hydroxyl groups is 3. The van der Waals surface area contributed by atoms with Crippen LogP contribution in [-0.2, 0) is 28.5 Å². The van der Waals surface area contributed by atoms with Gasteiger partial charge in [0.25, 0.3) is 0 Å². The summed E-state index contributed by atoms with van der Waals surface area (Å²) in [5.74, 6) is -3.51. The molecule has 3 fully saturated rings. The third-order valence-electron chi connectivity index (χ3n) is 7.26. The number of rotatable bonds is 5. The third kappa shape index (κ3) is 3.24. The van der Waals surface area contributed by atoms with Crippen molar-refractivity contribution in [2.45, 2.75) is 73.9 Å². The first kappa shape index (κ1) is 24.7. The summed E-state index contributed by atoms with van der Waals surface area (Å²) in [6, 6.07) is 4.12. The standard InChI is InChI=1S/C23H24O13/c1-8-23-19(29)13-10(18(28)22(23,36-23)7-9(33-8)6-12(24)32-2)4-3-5-11(13)34-21-16(27)14(25)15(26)17(35-21)20(30)31/h3-5,8-9,14-17,21,25-27H,6-7H2,1-2H3,(H,30,31)/t8-,9-,14+,15+,16-,17+,21-,22-,23+/m0/s1. The SMILES string of the molecule is COC(=O)C[C@H]1C[C@@]23O[C@@]2(C(=O)c2c(O[C@H]4O[C@@H](C(=O)O)[C@H](O)[C@@H](O)[C@@H]4O)cccc2C3=O)[C@H](C)O1. The maximum Gasteiger partial charge on any atom is 0.335 e. The van der Waals surface area contributed by atoms with E-state index in [0.717, 1.165) is 0 Å². The van der Waals surface area contributed by atoms with Crippen LogP contribution in [0.4, 0.5) is 0 Å². The Balaban J connectivity index is 1.48. The molecule has 5 rings (SSSR count). The topological polar surface area (TPSA) is 199 Å². The molecule has 4 aliphatic rings. The molecule has 13 heteroatoms. The first-order chi connectivity index (χ1) is 17.0. The molecule has 0 amide bonds. The summed E-state index contributed by atoms with van der Waals surface area (Å²) in [6.07, 6.45) is -11.2. The lowest BCUT2D eigenvalue weighted by Crippen LogP contribution is -2.61. The monoisotopic (exact) mass is 508 g/mol. The number of aliphatic carboxylic acids is 1. The zero-order valence-electron chi connectivity index (χ0n) is 19.2. The van der Waals surface area contributed by atoms with Crippen LogP contribution in [-0.4, -0.2) is 105 Å². The molecule has 36 heavy (non-hydrogen) atoms. The Hall–Kier alpha value is -2.94. The van der Waals surface area contributed by atoms with Gasteiger partial charge in [0.1, 0.15) is 24.1 Å². The van der Waals surface area contributed by atoms with Crippen molar-refractivity contribution >= 4 is 23.5 Å². The highest BCUT2D eigenvalue weighted by molar-refractivity contribution is 6.26. The quantitative estimate of drug-likeness (QED) is 0.267. The van der Waals surface area contributed by atoms with E-state index in [1.165, 1.54) is 25.3 Å². The van der Waals surface area contributed by atoms with Gasteiger partial charge < -0.3 is 44.1 Å². The average molecular weight is 508 g/mol. The molecule has 0 aromatic heterocycles. The summed E-state index contributed by atoms with van der Waals surface area (Å²) in [4.78, 5) is 50.5. The number of carboxylic acids is 1. The highest BCUT2D eigenvalue weighted by Crippen LogP contribution is 2.63. The molecule has 3 heterocycles. The van der Waals surface area contributed by atoms with Crippen LogP contribution in [0.25, 0.3) is 0 Å². The zero-order chi connectivity index (χ0) is 26.2. The second-order valence-electron chi connectivity index (χ2n) is 9.24. The average Bonchev–Trinajstić information content (AvgIpc) is 3.55. The molecule has 0 bridgehead atoms. The van der Waals surface area contributed by atoms with Crippen LogP contribution >= 0.6 is 0 Å². The highest BCUT2D eigenvalue weighted by atomic mass is 16.7. The molecule has 0 spiro atoms. The summed E-state index contributed by atoms with van der Waals surface area (Å²) in [5, 5.41) is 39.5. The fraction of sp³-hybridized carbons (Fsp3) is 0.565. The number of esters is 1. The first-order valence-corrected chi connectivity index (χ1v) is 11.2. The molecule has 1 aromatic rings. The van der Waals surface area contributed by atoms with E-state index in [0.29, 0.717) is 0 Å².